The number of nitrogens with one attached hydrogen (secondary N) is 2. The van der Waals surface area contributed by atoms with E-state index in [0.717, 1.165) is 0 Å². The Bertz CT molecular complexity index is 818. The zero-order valence-corrected chi connectivity index (χ0v) is 14.9. The molecule has 0 aliphatic carbocycles. The number of carbonyl (C=O) groups is 2. The normalized spacial score (nSPS) is 11.0. The van der Waals surface area contributed by atoms with Crippen molar-refractivity contribution >= 4 is 23.6 Å². The van der Waals surface area contributed by atoms with Crippen LogP contribution in [0.3, 0.4) is 0 Å². The Kier molecular flexibility index (Phi) is 7.05. The molecule has 5 nitrogen and oxygen atoms in total. The summed E-state index contributed by atoms with van der Waals surface area (Å²) in [6.07, 6.45) is 2.70. The summed E-state index contributed by atoms with van der Waals surface area (Å²) in [7, 11) is 0. The highest BCUT2D eigenvalue weighted by Gasteiger charge is 2.08. The molecule has 0 aliphatic rings. The van der Waals surface area contributed by atoms with Crippen LogP contribution in [0.2, 0.25) is 0 Å². The van der Waals surface area contributed by atoms with Gasteiger partial charge in [-0.25, -0.2) is 4.79 Å². The molecule has 2 rings (SSSR count). The minimum Gasteiger partial charge on any atom is -0.434 e. The summed E-state index contributed by atoms with van der Waals surface area (Å²) in [5.41, 5.74) is 1.31. The molecular formula is C20H20F2N2O3. The Morgan fingerprint density at radius 2 is 1.70 bits per heavy atom. The predicted molar refractivity (Wildman–Crippen MR) is 100 cm³/mol. The van der Waals surface area contributed by atoms with E-state index in [4.69, 9.17) is 0 Å². The van der Waals surface area contributed by atoms with Crippen LogP contribution in [-0.2, 0) is 0 Å². The Morgan fingerprint density at radius 1 is 1.04 bits per heavy atom. The van der Waals surface area contributed by atoms with Gasteiger partial charge in [0.1, 0.15) is 5.75 Å². The van der Waals surface area contributed by atoms with E-state index in [-0.39, 0.29) is 23.6 Å². The number of hydrogen-bond acceptors (Lipinski definition) is 3. The average Bonchev–Trinajstić information content (AvgIpc) is 2.60. The molecule has 2 N–H and O–H groups in total. The molecule has 0 saturated carbocycles. The second-order valence-corrected chi connectivity index (χ2v) is 5.94. The zero-order chi connectivity index (χ0) is 19.8. The average molecular weight is 374 g/mol. The maximum Gasteiger partial charge on any atom is 0.387 e. The van der Waals surface area contributed by atoms with Crippen LogP contribution in [0.25, 0.3) is 6.08 Å². The van der Waals surface area contributed by atoms with E-state index in [9.17, 15) is 18.4 Å². The fourth-order valence-electron chi connectivity index (χ4n) is 2.23. The number of urea groups is 1. The number of hydrogen-bond donors (Lipinski definition) is 2. The van der Waals surface area contributed by atoms with Gasteiger partial charge in [0.2, 0.25) is 0 Å². The van der Waals surface area contributed by atoms with Gasteiger partial charge in [-0.2, -0.15) is 8.78 Å². The first kappa shape index (κ1) is 20.1. The molecule has 2 aromatic rings. The zero-order valence-electron chi connectivity index (χ0n) is 14.9. The Balaban J connectivity index is 2.04. The molecule has 7 heteroatoms. The Hall–Kier alpha value is -3.22. The minimum absolute atomic E-state index is 0.00716. The quantitative estimate of drug-likeness (QED) is 0.545. The summed E-state index contributed by atoms with van der Waals surface area (Å²) >= 11 is 0. The third kappa shape index (κ3) is 6.54. The molecule has 0 aliphatic heterocycles. The molecule has 2 amide bonds. The van der Waals surface area contributed by atoms with E-state index in [2.05, 4.69) is 15.4 Å². The third-order valence-electron chi connectivity index (χ3n) is 3.40. The number of rotatable bonds is 7. The number of anilines is 1. The summed E-state index contributed by atoms with van der Waals surface area (Å²) in [5.74, 6) is -0.313. The SMILES string of the molecule is CC(C)NC(=O)Nc1ccc(C(=O)/C=C/c2ccccc2OC(F)F)cc1. The molecule has 0 aromatic heterocycles. The van der Waals surface area contributed by atoms with Gasteiger partial charge in [-0.1, -0.05) is 18.2 Å². The van der Waals surface area contributed by atoms with Gasteiger partial charge < -0.3 is 15.4 Å². The van der Waals surface area contributed by atoms with E-state index >= 15 is 0 Å². The van der Waals surface area contributed by atoms with Gasteiger partial charge in [0.05, 0.1) is 0 Å². The first-order chi connectivity index (χ1) is 12.8. The number of para-hydroxylation sites is 1. The lowest BCUT2D eigenvalue weighted by Crippen LogP contribution is -2.34. The number of ether oxygens (including phenoxy) is 1. The molecule has 0 heterocycles. The van der Waals surface area contributed by atoms with Crippen LogP contribution in [0, 0.1) is 0 Å². The van der Waals surface area contributed by atoms with Crippen molar-refractivity contribution < 1.29 is 23.1 Å². The van der Waals surface area contributed by atoms with E-state index < -0.39 is 6.61 Å². The molecule has 0 saturated heterocycles. The predicted octanol–water partition coefficient (Wildman–Crippen LogP) is 4.71. The molecule has 0 unspecified atom stereocenters. The maximum atomic E-state index is 12.4. The molecule has 142 valence electrons. The highest BCUT2D eigenvalue weighted by molar-refractivity contribution is 6.07. The lowest BCUT2D eigenvalue weighted by Gasteiger charge is -2.10. The maximum absolute atomic E-state index is 12.4. The van der Waals surface area contributed by atoms with Crippen LogP contribution in [0.1, 0.15) is 29.8 Å². The first-order valence-electron chi connectivity index (χ1n) is 8.29. The van der Waals surface area contributed by atoms with Crippen molar-refractivity contribution in [1.82, 2.24) is 5.32 Å². The van der Waals surface area contributed by atoms with Gasteiger partial charge in [-0.3, -0.25) is 4.79 Å². The number of ketones is 1. The monoisotopic (exact) mass is 374 g/mol. The van der Waals surface area contributed by atoms with Gasteiger partial charge in [0.15, 0.2) is 5.78 Å². The number of allylic oxidation sites excluding steroid dienone is 1. The third-order valence-corrected chi connectivity index (χ3v) is 3.40. The van der Waals surface area contributed by atoms with Crippen molar-refractivity contribution in [2.24, 2.45) is 0 Å². The molecule has 27 heavy (non-hydrogen) atoms. The van der Waals surface area contributed by atoms with E-state index in [1.165, 1.54) is 18.2 Å². The topological polar surface area (TPSA) is 67.4 Å². The fraction of sp³-hybridized carbons (Fsp3) is 0.200. The Labute approximate surface area is 156 Å². The number of amides is 2. The van der Waals surface area contributed by atoms with Crippen molar-refractivity contribution in [3.8, 4) is 5.75 Å². The number of carbonyl (C=O) groups excluding carboxylic acids is 2. The molecule has 0 bridgehead atoms. The summed E-state index contributed by atoms with van der Waals surface area (Å²) in [4.78, 5) is 23.9. The lowest BCUT2D eigenvalue weighted by atomic mass is 10.1. The van der Waals surface area contributed by atoms with Crippen molar-refractivity contribution in [2.45, 2.75) is 26.5 Å². The summed E-state index contributed by atoms with van der Waals surface area (Å²) in [6, 6.07) is 12.2. The van der Waals surface area contributed by atoms with Crippen LogP contribution < -0.4 is 15.4 Å². The molecule has 0 radical (unpaired) electrons. The van der Waals surface area contributed by atoms with Crippen molar-refractivity contribution in [3.05, 3.63) is 65.7 Å². The highest BCUT2D eigenvalue weighted by atomic mass is 19.3. The Morgan fingerprint density at radius 3 is 2.33 bits per heavy atom. The number of alkyl halides is 2. The molecule has 0 fully saturated rings. The smallest absolute Gasteiger partial charge is 0.387 e. The van der Waals surface area contributed by atoms with Crippen LogP contribution in [0.5, 0.6) is 5.75 Å². The van der Waals surface area contributed by atoms with Crippen LogP contribution in [0.4, 0.5) is 19.3 Å². The van der Waals surface area contributed by atoms with Crippen molar-refractivity contribution in [1.29, 1.82) is 0 Å². The van der Waals surface area contributed by atoms with Crippen molar-refractivity contribution in [3.63, 3.8) is 0 Å². The summed E-state index contributed by atoms with van der Waals surface area (Å²) in [6.45, 7) is 0.749. The van der Waals surface area contributed by atoms with Gasteiger partial charge in [-0.05, 0) is 56.3 Å². The largest absolute Gasteiger partial charge is 0.434 e. The standard InChI is InChI=1S/C20H20F2N2O3/c1-13(2)23-20(26)24-16-10-7-14(8-11-16)17(25)12-9-15-5-3-4-6-18(15)27-19(21)22/h3-13,19H,1-2H3,(H2,23,24,26)/b12-9+. The van der Waals surface area contributed by atoms with Gasteiger partial charge in [0, 0.05) is 22.9 Å². The molecular weight excluding hydrogens is 354 g/mol. The highest BCUT2D eigenvalue weighted by Crippen LogP contribution is 2.22. The second kappa shape index (κ2) is 9.47. The van der Waals surface area contributed by atoms with E-state index in [1.807, 2.05) is 13.8 Å². The summed E-state index contributed by atoms with van der Waals surface area (Å²) < 4.78 is 29.3. The summed E-state index contributed by atoms with van der Waals surface area (Å²) in [5, 5.41) is 5.35. The fourth-order valence-corrected chi connectivity index (χ4v) is 2.23. The van der Waals surface area contributed by atoms with Gasteiger partial charge >= 0.3 is 12.6 Å². The van der Waals surface area contributed by atoms with Crippen LogP contribution in [-0.4, -0.2) is 24.5 Å². The molecule has 2 aromatic carbocycles. The van der Waals surface area contributed by atoms with Gasteiger partial charge in [0.25, 0.3) is 0 Å². The van der Waals surface area contributed by atoms with E-state index in [1.54, 1.807) is 42.5 Å². The van der Waals surface area contributed by atoms with E-state index in [0.29, 0.717) is 16.8 Å². The molecule has 0 spiro atoms. The minimum atomic E-state index is -2.94. The number of benzene rings is 2. The first-order valence-corrected chi connectivity index (χ1v) is 8.29. The lowest BCUT2D eigenvalue weighted by molar-refractivity contribution is -0.0499. The molecule has 0 atom stereocenters. The van der Waals surface area contributed by atoms with Crippen molar-refractivity contribution in [2.75, 3.05) is 5.32 Å². The van der Waals surface area contributed by atoms with Crippen LogP contribution >= 0.6 is 0 Å². The van der Waals surface area contributed by atoms with Crippen LogP contribution in [0.15, 0.2) is 54.6 Å². The van der Waals surface area contributed by atoms with Gasteiger partial charge in [-0.15, -0.1) is 0 Å². The number of halogens is 2. The second-order valence-electron chi connectivity index (χ2n) is 5.94.